The Hall–Kier alpha value is -1.54. The fourth-order valence-corrected chi connectivity index (χ4v) is 2.34. The van der Waals surface area contributed by atoms with Gasteiger partial charge in [0.15, 0.2) is 0 Å². The molecular weight excluding hydrogens is 258 g/mol. The summed E-state index contributed by atoms with van der Waals surface area (Å²) >= 11 is 0. The summed E-state index contributed by atoms with van der Waals surface area (Å²) < 4.78 is 6.01. The fraction of sp³-hybridized carbons (Fsp3) is 0.474. The van der Waals surface area contributed by atoms with E-state index in [0.29, 0.717) is 5.92 Å². The summed E-state index contributed by atoms with van der Waals surface area (Å²) in [5.41, 5.74) is 2.53. The summed E-state index contributed by atoms with van der Waals surface area (Å²) in [5, 5.41) is 0. The van der Waals surface area contributed by atoms with E-state index < -0.39 is 0 Å². The number of benzene rings is 1. The molecule has 0 aromatic heterocycles. The van der Waals surface area contributed by atoms with Crippen LogP contribution in [0.5, 0.6) is 5.75 Å². The van der Waals surface area contributed by atoms with Crippen molar-refractivity contribution in [1.29, 1.82) is 0 Å². The standard InChI is InChI=1S/C19H29NO/c1-6-11-20(12-7-2)13-8-14-21-19-15-17(5)9-10-18(19)16(3)4/h6-7,9-10,15-16H,1-2,8,11-14H2,3-5H3. The van der Waals surface area contributed by atoms with Crippen LogP contribution >= 0.6 is 0 Å². The van der Waals surface area contributed by atoms with Gasteiger partial charge in [-0.05, 0) is 36.5 Å². The van der Waals surface area contributed by atoms with Crippen molar-refractivity contribution in [2.45, 2.75) is 33.1 Å². The Morgan fingerprint density at radius 1 is 1.19 bits per heavy atom. The van der Waals surface area contributed by atoms with Crippen LogP contribution in [0.25, 0.3) is 0 Å². The van der Waals surface area contributed by atoms with Crippen molar-refractivity contribution in [2.75, 3.05) is 26.2 Å². The molecule has 2 nitrogen and oxygen atoms in total. The molecule has 1 aromatic carbocycles. The van der Waals surface area contributed by atoms with Crippen LogP contribution in [-0.4, -0.2) is 31.1 Å². The van der Waals surface area contributed by atoms with Gasteiger partial charge in [0, 0.05) is 19.6 Å². The first-order chi connectivity index (χ1) is 10.1. The SMILES string of the molecule is C=CCN(CC=C)CCCOc1cc(C)ccc1C(C)C. The lowest BCUT2D eigenvalue weighted by Crippen LogP contribution is -2.26. The minimum absolute atomic E-state index is 0.485. The van der Waals surface area contributed by atoms with Crippen LogP contribution in [0.3, 0.4) is 0 Å². The van der Waals surface area contributed by atoms with Gasteiger partial charge in [0.2, 0.25) is 0 Å². The normalized spacial score (nSPS) is 10.9. The van der Waals surface area contributed by atoms with E-state index in [1.54, 1.807) is 0 Å². The maximum Gasteiger partial charge on any atom is 0.122 e. The molecule has 0 aliphatic heterocycles. The molecule has 2 heteroatoms. The van der Waals surface area contributed by atoms with E-state index >= 15 is 0 Å². The third-order valence-electron chi connectivity index (χ3n) is 3.44. The zero-order valence-electron chi connectivity index (χ0n) is 13.8. The Morgan fingerprint density at radius 2 is 1.86 bits per heavy atom. The lowest BCUT2D eigenvalue weighted by molar-refractivity contribution is 0.260. The third kappa shape index (κ3) is 6.17. The highest BCUT2D eigenvalue weighted by atomic mass is 16.5. The Balaban J connectivity index is 2.49. The Labute approximate surface area is 130 Å². The van der Waals surface area contributed by atoms with Crippen LogP contribution in [0, 0.1) is 6.92 Å². The van der Waals surface area contributed by atoms with E-state index in [1.807, 2.05) is 12.2 Å². The molecular formula is C19H29NO. The second kappa shape index (κ2) is 9.41. The summed E-state index contributed by atoms with van der Waals surface area (Å²) in [7, 11) is 0. The highest BCUT2D eigenvalue weighted by Gasteiger charge is 2.08. The average molecular weight is 287 g/mol. The Bertz CT molecular complexity index is 441. The maximum atomic E-state index is 6.01. The topological polar surface area (TPSA) is 12.5 Å². The number of hydrogen-bond acceptors (Lipinski definition) is 2. The van der Waals surface area contributed by atoms with Crippen molar-refractivity contribution in [1.82, 2.24) is 4.90 Å². The molecule has 0 radical (unpaired) electrons. The second-order valence-corrected chi connectivity index (χ2v) is 5.73. The molecule has 0 saturated carbocycles. The molecule has 0 aliphatic rings. The molecule has 0 amide bonds. The van der Waals surface area contributed by atoms with Crippen molar-refractivity contribution >= 4 is 0 Å². The van der Waals surface area contributed by atoms with Gasteiger partial charge >= 0.3 is 0 Å². The first-order valence-electron chi connectivity index (χ1n) is 7.76. The molecule has 21 heavy (non-hydrogen) atoms. The van der Waals surface area contributed by atoms with Gasteiger partial charge in [-0.1, -0.05) is 38.1 Å². The van der Waals surface area contributed by atoms with E-state index in [9.17, 15) is 0 Å². The van der Waals surface area contributed by atoms with E-state index in [4.69, 9.17) is 4.74 Å². The molecule has 0 bridgehead atoms. The molecule has 0 saturated heterocycles. The van der Waals surface area contributed by atoms with Gasteiger partial charge in [-0.3, -0.25) is 4.90 Å². The molecule has 0 unspecified atom stereocenters. The highest BCUT2D eigenvalue weighted by molar-refractivity contribution is 5.39. The quantitative estimate of drug-likeness (QED) is 0.462. The predicted molar refractivity (Wildman–Crippen MR) is 92.2 cm³/mol. The Morgan fingerprint density at radius 3 is 2.43 bits per heavy atom. The zero-order valence-corrected chi connectivity index (χ0v) is 13.8. The van der Waals surface area contributed by atoms with Crippen LogP contribution in [0.4, 0.5) is 0 Å². The summed E-state index contributed by atoms with van der Waals surface area (Å²) in [6.45, 7) is 17.6. The number of rotatable bonds is 10. The summed E-state index contributed by atoms with van der Waals surface area (Å²) in [4.78, 5) is 2.31. The summed E-state index contributed by atoms with van der Waals surface area (Å²) in [6, 6.07) is 6.47. The summed E-state index contributed by atoms with van der Waals surface area (Å²) in [6.07, 6.45) is 4.87. The van der Waals surface area contributed by atoms with Crippen LogP contribution in [0.15, 0.2) is 43.5 Å². The number of hydrogen-bond donors (Lipinski definition) is 0. The molecule has 1 rings (SSSR count). The van der Waals surface area contributed by atoms with Crippen molar-refractivity contribution in [3.05, 3.63) is 54.6 Å². The lowest BCUT2D eigenvalue weighted by atomic mass is 10.0. The van der Waals surface area contributed by atoms with Crippen LogP contribution in [-0.2, 0) is 0 Å². The van der Waals surface area contributed by atoms with Crippen LogP contribution < -0.4 is 4.74 Å². The summed E-state index contributed by atoms with van der Waals surface area (Å²) in [5.74, 6) is 1.52. The second-order valence-electron chi connectivity index (χ2n) is 5.73. The first kappa shape index (κ1) is 17.5. The third-order valence-corrected chi connectivity index (χ3v) is 3.44. The van der Waals surface area contributed by atoms with E-state index in [-0.39, 0.29) is 0 Å². The van der Waals surface area contributed by atoms with Crippen molar-refractivity contribution in [2.24, 2.45) is 0 Å². The van der Waals surface area contributed by atoms with E-state index in [1.165, 1.54) is 11.1 Å². The van der Waals surface area contributed by atoms with E-state index in [2.05, 4.69) is 57.0 Å². The average Bonchev–Trinajstić information content (AvgIpc) is 2.43. The maximum absolute atomic E-state index is 6.01. The Kier molecular flexibility index (Phi) is 7.84. The number of nitrogens with zero attached hydrogens (tertiary/aromatic N) is 1. The molecule has 0 fully saturated rings. The number of aryl methyl sites for hydroxylation is 1. The van der Waals surface area contributed by atoms with Gasteiger partial charge in [-0.2, -0.15) is 0 Å². The zero-order chi connectivity index (χ0) is 15.7. The molecule has 0 N–H and O–H groups in total. The van der Waals surface area contributed by atoms with Gasteiger partial charge in [0.05, 0.1) is 6.61 Å². The van der Waals surface area contributed by atoms with Gasteiger partial charge in [-0.25, -0.2) is 0 Å². The van der Waals surface area contributed by atoms with E-state index in [0.717, 1.165) is 38.4 Å². The van der Waals surface area contributed by atoms with Crippen molar-refractivity contribution in [3.8, 4) is 5.75 Å². The minimum atomic E-state index is 0.485. The fourth-order valence-electron chi connectivity index (χ4n) is 2.34. The van der Waals surface area contributed by atoms with Crippen molar-refractivity contribution < 1.29 is 4.74 Å². The van der Waals surface area contributed by atoms with Gasteiger partial charge in [-0.15, -0.1) is 13.2 Å². The predicted octanol–water partition coefficient (Wildman–Crippen LogP) is 4.56. The highest BCUT2D eigenvalue weighted by Crippen LogP contribution is 2.27. The van der Waals surface area contributed by atoms with Crippen molar-refractivity contribution in [3.63, 3.8) is 0 Å². The largest absolute Gasteiger partial charge is 0.493 e. The van der Waals surface area contributed by atoms with Crippen LogP contribution in [0.2, 0.25) is 0 Å². The molecule has 116 valence electrons. The monoisotopic (exact) mass is 287 g/mol. The van der Waals surface area contributed by atoms with Gasteiger partial charge < -0.3 is 4.74 Å². The molecule has 0 atom stereocenters. The molecule has 1 aromatic rings. The van der Waals surface area contributed by atoms with Gasteiger partial charge in [0.25, 0.3) is 0 Å². The first-order valence-corrected chi connectivity index (χ1v) is 7.76. The number of ether oxygens (including phenoxy) is 1. The molecule has 0 heterocycles. The lowest BCUT2D eigenvalue weighted by Gasteiger charge is -2.19. The van der Waals surface area contributed by atoms with Crippen LogP contribution in [0.1, 0.15) is 37.3 Å². The molecule has 0 spiro atoms. The van der Waals surface area contributed by atoms with Gasteiger partial charge in [0.1, 0.15) is 5.75 Å². The molecule has 0 aliphatic carbocycles. The minimum Gasteiger partial charge on any atom is -0.493 e. The smallest absolute Gasteiger partial charge is 0.122 e.